The van der Waals surface area contributed by atoms with Crippen LogP contribution in [0.25, 0.3) is 0 Å². The third kappa shape index (κ3) is 5.01. The van der Waals surface area contributed by atoms with Gasteiger partial charge in [-0.15, -0.1) is 0 Å². The summed E-state index contributed by atoms with van der Waals surface area (Å²) in [6.07, 6.45) is -0.730. The fourth-order valence-electron chi connectivity index (χ4n) is 2.89. The first-order chi connectivity index (χ1) is 13.6. The Morgan fingerprint density at radius 1 is 1.11 bits per heavy atom. The fraction of sp³-hybridized carbons (Fsp3) is 0.333. The number of hydrogen-bond acceptors (Lipinski definition) is 6. The lowest BCUT2D eigenvalue weighted by molar-refractivity contribution is -0.122. The molecule has 3 rings (SSSR count). The maximum absolute atomic E-state index is 12.4. The lowest BCUT2D eigenvalue weighted by atomic mass is 10.2. The smallest absolute Gasteiger partial charge is 0.337 e. The van der Waals surface area contributed by atoms with E-state index in [9.17, 15) is 9.59 Å². The van der Waals surface area contributed by atoms with Gasteiger partial charge in [-0.3, -0.25) is 4.79 Å². The highest BCUT2D eigenvalue weighted by molar-refractivity contribution is 5.94. The van der Waals surface area contributed by atoms with Gasteiger partial charge in [-0.05, 0) is 49.4 Å². The Balaban J connectivity index is 1.57. The first-order valence-corrected chi connectivity index (χ1v) is 9.15. The third-order valence-corrected chi connectivity index (χ3v) is 4.45. The summed E-state index contributed by atoms with van der Waals surface area (Å²) in [6, 6.07) is 14.2. The van der Waals surface area contributed by atoms with Gasteiger partial charge in [-0.1, -0.05) is 6.07 Å². The summed E-state index contributed by atoms with van der Waals surface area (Å²) in [5.74, 6) is -0.307. The Morgan fingerprint density at radius 3 is 2.50 bits per heavy atom. The van der Waals surface area contributed by atoms with E-state index in [1.54, 1.807) is 31.2 Å². The number of rotatable bonds is 6. The van der Waals surface area contributed by atoms with Crippen LogP contribution in [0.3, 0.4) is 0 Å². The van der Waals surface area contributed by atoms with Crippen molar-refractivity contribution in [1.29, 1.82) is 0 Å². The van der Waals surface area contributed by atoms with E-state index >= 15 is 0 Å². The van der Waals surface area contributed by atoms with Crippen molar-refractivity contribution in [2.75, 3.05) is 43.6 Å². The topological polar surface area (TPSA) is 77.1 Å². The van der Waals surface area contributed by atoms with Gasteiger partial charge in [0.2, 0.25) is 0 Å². The van der Waals surface area contributed by atoms with Gasteiger partial charge in [0.1, 0.15) is 5.75 Å². The molecule has 1 aliphatic rings. The van der Waals surface area contributed by atoms with E-state index in [-0.39, 0.29) is 5.91 Å². The number of benzene rings is 2. The van der Waals surface area contributed by atoms with E-state index in [1.807, 2.05) is 24.3 Å². The largest absolute Gasteiger partial charge is 0.481 e. The van der Waals surface area contributed by atoms with Gasteiger partial charge >= 0.3 is 5.97 Å². The second-order valence-corrected chi connectivity index (χ2v) is 6.42. The number of esters is 1. The number of ether oxygens (including phenoxy) is 3. The minimum atomic E-state index is -0.730. The van der Waals surface area contributed by atoms with Crippen LogP contribution < -0.4 is 15.0 Å². The van der Waals surface area contributed by atoms with Crippen molar-refractivity contribution in [3.8, 4) is 5.75 Å². The molecule has 7 nitrogen and oxygen atoms in total. The summed E-state index contributed by atoms with van der Waals surface area (Å²) in [5.41, 5.74) is 2.16. The molecule has 0 saturated carbocycles. The molecule has 1 fully saturated rings. The average molecular weight is 384 g/mol. The Labute approximate surface area is 164 Å². The van der Waals surface area contributed by atoms with Crippen LogP contribution >= 0.6 is 0 Å². The molecular formula is C21H24N2O5. The predicted octanol–water partition coefficient (Wildman–Crippen LogP) is 2.72. The predicted molar refractivity (Wildman–Crippen MR) is 106 cm³/mol. The minimum absolute atomic E-state index is 0.275. The molecule has 0 radical (unpaired) electrons. The van der Waals surface area contributed by atoms with E-state index in [0.717, 1.165) is 32.0 Å². The molecule has 2 aromatic rings. The van der Waals surface area contributed by atoms with Crippen molar-refractivity contribution in [2.45, 2.75) is 13.0 Å². The lowest BCUT2D eigenvalue weighted by Gasteiger charge is -2.29. The molecule has 148 valence electrons. The minimum Gasteiger partial charge on any atom is -0.481 e. The zero-order valence-corrected chi connectivity index (χ0v) is 16.0. The SMILES string of the molecule is COC(=O)c1cccc(O[C@H](C)C(=O)Nc2ccc(N3CCOCC3)cc2)c1. The number of nitrogens with zero attached hydrogens (tertiary/aromatic N) is 1. The Hall–Kier alpha value is -3.06. The third-order valence-electron chi connectivity index (χ3n) is 4.45. The van der Waals surface area contributed by atoms with Gasteiger partial charge in [0, 0.05) is 24.5 Å². The molecule has 1 atom stereocenters. The molecule has 1 aliphatic heterocycles. The first kappa shape index (κ1) is 19.7. The van der Waals surface area contributed by atoms with E-state index in [2.05, 4.69) is 10.2 Å². The second kappa shape index (κ2) is 9.23. The quantitative estimate of drug-likeness (QED) is 0.772. The van der Waals surface area contributed by atoms with Gasteiger partial charge in [0.05, 0.1) is 25.9 Å². The molecule has 0 unspecified atom stereocenters. The molecule has 28 heavy (non-hydrogen) atoms. The molecule has 1 heterocycles. The normalized spacial score (nSPS) is 14.9. The highest BCUT2D eigenvalue weighted by Gasteiger charge is 2.17. The molecule has 7 heteroatoms. The Kier molecular flexibility index (Phi) is 6.49. The van der Waals surface area contributed by atoms with Gasteiger partial charge in [-0.25, -0.2) is 4.79 Å². The van der Waals surface area contributed by atoms with Crippen LogP contribution in [-0.2, 0) is 14.3 Å². The van der Waals surface area contributed by atoms with Crippen molar-refractivity contribution in [3.63, 3.8) is 0 Å². The number of carbonyl (C=O) groups excluding carboxylic acids is 2. The van der Waals surface area contributed by atoms with Crippen molar-refractivity contribution >= 4 is 23.3 Å². The molecule has 0 spiro atoms. The van der Waals surface area contributed by atoms with E-state index < -0.39 is 12.1 Å². The lowest BCUT2D eigenvalue weighted by Crippen LogP contribution is -2.36. The zero-order valence-electron chi connectivity index (χ0n) is 16.0. The number of nitrogens with one attached hydrogen (secondary N) is 1. The highest BCUT2D eigenvalue weighted by atomic mass is 16.5. The fourth-order valence-corrected chi connectivity index (χ4v) is 2.89. The van der Waals surface area contributed by atoms with Gasteiger partial charge in [0.25, 0.3) is 5.91 Å². The Bertz CT molecular complexity index is 816. The molecular weight excluding hydrogens is 360 g/mol. The van der Waals surface area contributed by atoms with Crippen LogP contribution in [0.1, 0.15) is 17.3 Å². The van der Waals surface area contributed by atoms with E-state index in [1.165, 1.54) is 7.11 Å². The zero-order chi connectivity index (χ0) is 19.9. The van der Waals surface area contributed by atoms with Crippen molar-refractivity contribution in [1.82, 2.24) is 0 Å². The van der Waals surface area contributed by atoms with Crippen LogP contribution in [0.2, 0.25) is 0 Å². The molecule has 1 N–H and O–H groups in total. The average Bonchev–Trinajstić information content (AvgIpc) is 2.74. The molecule has 0 aliphatic carbocycles. The van der Waals surface area contributed by atoms with Crippen LogP contribution in [0.4, 0.5) is 11.4 Å². The van der Waals surface area contributed by atoms with Crippen LogP contribution in [0.5, 0.6) is 5.75 Å². The number of carbonyl (C=O) groups is 2. The molecule has 2 aromatic carbocycles. The van der Waals surface area contributed by atoms with Crippen LogP contribution in [0, 0.1) is 0 Å². The van der Waals surface area contributed by atoms with Crippen molar-refractivity contribution in [2.24, 2.45) is 0 Å². The van der Waals surface area contributed by atoms with Crippen LogP contribution in [-0.4, -0.2) is 51.4 Å². The van der Waals surface area contributed by atoms with Crippen molar-refractivity contribution < 1.29 is 23.8 Å². The number of methoxy groups -OCH3 is 1. The summed E-state index contributed by atoms with van der Waals surface area (Å²) >= 11 is 0. The van der Waals surface area contributed by atoms with E-state index in [4.69, 9.17) is 14.2 Å². The molecule has 0 bridgehead atoms. The monoisotopic (exact) mass is 384 g/mol. The van der Waals surface area contributed by atoms with Gasteiger partial charge in [0.15, 0.2) is 6.10 Å². The van der Waals surface area contributed by atoms with Crippen LogP contribution in [0.15, 0.2) is 48.5 Å². The molecule has 1 amide bonds. The highest BCUT2D eigenvalue weighted by Crippen LogP contribution is 2.20. The standard InChI is InChI=1S/C21H24N2O5/c1-15(28-19-5-3-4-16(14-19)21(25)26-2)20(24)22-17-6-8-18(9-7-17)23-10-12-27-13-11-23/h3-9,14-15H,10-13H2,1-2H3,(H,22,24)/t15-/m1/s1. The Morgan fingerprint density at radius 2 is 1.82 bits per heavy atom. The molecule has 1 saturated heterocycles. The summed E-state index contributed by atoms with van der Waals surface area (Å²) in [7, 11) is 1.32. The maximum Gasteiger partial charge on any atom is 0.337 e. The first-order valence-electron chi connectivity index (χ1n) is 9.15. The number of anilines is 2. The van der Waals surface area contributed by atoms with Crippen molar-refractivity contribution in [3.05, 3.63) is 54.1 Å². The van der Waals surface area contributed by atoms with Gasteiger partial charge in [-0.2, -0.15) is 0 Å². The number of hydrogen-bond donors (Lipinski definition) is 1. The summed E-state index contributed by atoms with van der Waals surface area (Å²) < 4.78 is 15.7. The summed E-state index contributed by atoms with van der Waals surface area (Å²) in [6.45, 7) is 4.83. The second-order valence-electron chi connectivity index (χ2n) is 6.42. The maximum atomic E-state index is 12.4. The van der Waals surface area contributed by atoms with E-state index in [0.29, 0.717) is 17.0 Å². The number of amides is 1. The molecule has 0 aromatic heterocycles. The summed E-state index contributed by atoms with van der Waals surface area (Å²) in [5, 5.41) is 2.84. The van der Waals surface area contributed by atoms with Gasteiger partial charge < -0.3 is 24.4 Å². The number of morpholine rings is 1. The summed E-state index contributed by atoms with van der Waals surface area (Å²) in [4.78, 5) is 26.3.